The number of aliphatic hydroxyl groups is 1. The Hall–Kier alpha value is -0.120. The first kappa shape index (κ1) is 9.96. The molecule has 1 heterocycles. The minimum Gasteiger partial charge on any atom is -0.393 e. The van der Waals surface area contributed by atoms with E-state index in [1.807, 2.05) is 0 Å². The second-order valence-electron chi connectivity index (χ2n) is 4.65. The number of hydrogen-bond acceptors (Lipinski definition) is 2. The van der Waals surface area contributed by atoms with E-state index >= 15 is 0 Å². The van der Waals surface area contributed by atoms with Crippen LogP contribution >= 0.6 is 0 Å². The molecule has 0 aromatic heterocycles. The number of hydrogen-bond donors (Lipinski definition) is 1. The minimum absolute atomic E-state index is 0.171. The smallest absolute Gasteiger partial charge is 0.0834 e. The van der Waals surface area contributed by atoms with Crippen molar-refractivity contribution in [3.8, 4) is 0 Å². The fraction of sp³-hybridized carbons (Fsp3) is 1.00. The van der Waals surface area contributed by atoms with Gasteiger partial charge in [-0.2, -0.15) is 0 Å². The molecule has 3 heteroatoms. The Morgan fingerprint density at radius 2 is 2.08 bits per heavy atom. The van der Waals surface area contributed by atoms with Crippen LogP contribution in [0.3, 0.4) is 0 Å². The summed E-state index contributed by atoms with van der Waals surface area (Å²) in [5, 5.41) is 9.53. The number of aliphatic hydroxyl groups excluding tert-OH is 1. The van der Waals surface area contributed by atoms with Gasteiger partial charge in [-0.25, -0.2) is 0 Å². The van der Waals surface area contributed by atoms with E-state index in [9.17, 15) is 5.11 Å². The fourth-order valence-corrected chi connectivity index (χ4v) is 1.16. The van der Waals surface area contributed by atoms with Gasteiger partial charge in [0.15, 0.2) is 0 Å². The van der Waals surface area contributed by atoms with Crippen molar-refractivity contribution in [2.24, 2.45) is 0 Å². The van der Waals surface area contributed by atoms with Gasteiger partial charge in [0.25, 0.3) is 0 Å². The van der Waals surface area contributed by atoms with E-state index in [1.54, 1.807) is 0 Å². The molecule has 72 valence electrons. The average molecular weight is 174 g/mol. The average Bonchev–Trinajstić information content (AvgIpc) is 2.66. The van der Waals surface area contributed by atoms with Crippen LogP contribution in [-0.4, -0.2) is 56.1 Å². The predicted molar refractivity (Wildman–Crippen MR) is 47.9 cm³/mol. The summed E-state index contributed by atoms with van der Waals surface area (Å²) < 4.78 is 5.97. The van der Waals surface area contributed by atoms with Crippen molar-refractivity contribution in [3.05, 3.63) is 0 Å². The predicted octanol–water partition coefficient (Wildman–Crippen LogP) is 0.232. The highest BCUT2D eigenvalue weighted by Gasteiger charge is 2.26. The molecule has 1 fully saturated rings. The number of rotatable bonds is 5. The van der Waals surface area contributed by atoms with E-state index in [0.717, 1.165) is 30.5 Å². The van der Waals surface area contributed by atoms with Crippen molar-refractivity contribution < 1.29 is 14.3 Å². The largest absolute Gasteiger partial charge is 0.393 e. The van der Waals surface area contributed by atoms with Gasteiger partial charge in [-0.1, -0.05) is 0 Å². The van der Waals surface area contributed by atoms with Crippen LogP contribution in [-0.2, 0) is 4.74 Å². The van der Waals surface area contributed by atoms with Crippen molar-refractivity contribution >= 4 is 0 Å². The van der Waals surface area contributed by atoms with Crippen LogP contribution in [0.1, 0.15) is 12.8 Å². The van der Waals surface area contributed by atoms with E-state index in [2.05, 4.69) is 21.1 Å². The lowest BCUT2D eigenvalue weighted by Crippen LogP contribution is -2.37. The molecule has 1 rings (SSSR count). The van der Waals surface area contributed by atoms with E-state index < -0.39 is 0 Å². The van der Waals surface area contributed by atoms with Crippen molar-refractivity contribution in [1.29, 1.82) is 0 Å². The second kappa shape index (κ2) is 3.73. The third kappa shape index (κ3) is 4.70. The zero-order chi connectivity index (χ0) is 9.19. The Labute approximate surface area is 74.5 Å². The molecule has 2 atom stereocenters. The van der Waals surface area contributed by atoms with Crippen LogP contribution in [0.5, 0.6) is 0 Å². The van der Waals surface area contributed by atoms with Crippen LogP contribution in [0.2, 0.25) is 0 Å². The monoisotopic (exact) mass is 174 g/mol. The number of quaternary nitrogens is 1. The number of ether oxygens (including phenoxy) is 1. The topological polar surface area (TPSA) is 32.8 Å². The molecule has 1 aliphatic rings. The van der Waals surface area contributed by atoms with Crippen LogP contribution in [0.4, 0.5) is 0 Å². The van der Waals surface area contributed by atoms with Crippen LogP contribution < -0.4 is 0 Å². The normalized spacial score (nSPS) is 25.5. The maximum atomic E-state index is 9.53. The summed E-state index contributed by atoms with van der Waals surface area (Å²) in [6.45, 7) is 1.87. The van der Waals surface area contributed by atoms with E-state index in [-0.39, 0.29) is 6.10 Å². The minimum atomic E-state index is -0.171. The highest BCUT2D eigenvalue weighted by molar-refractivity contribution is 4.73. The molecule has 1 aliphatic heterocycles. The molecule has 12 heavy (non-hydrogen) atoms. The van der Waals surface area contributed by atoms with Gasteiger partial charge in [-0.3, -0.25) is 0 Å². The van der Waals surface area contributed by atoms with Gasteiger partial charge < -0.3 is 14.3 Å². The molecule has 0 aromatic rings. The van der Waals surface area contributed by atoms with Gasteiger partial charge in [0, 0.05) is 12.8 Å². The molecule has 2 unspecified atom stereocenters. The lowest BCUT2D eigenvalue weighted by atomic mass is 10.1. The molecular weight excluding hydrogens is 154 g/mol. The summed E-state index contributed by atoms with van der Waals surface area (Å²) >= 11 is 0. The highest BCUT2D eigenvalue weighted by Crippen LogP contribution is 2.17. The Balaban J connectivity index is 2.04. The van der Waals surface area contributed by atoms with Crippen molar-refractivity contribution in [2.45, 2.75) is 25.0 Å². The van der Waals surface area contributed by atoms with Gasteiger partial charge in [0.1, 0.15) is 0 Å². The molecule has 0 spiro atoms. The molecule has 0 bridgehead atoms. The van der Waals surface area contributed by atoms with Gasteiger partial charge in [0.05, 0.1) is 46.5 Å². The first-order valence-corrected chi connectivity index (χ1v) is 4.57. The molecule has 1 N–H and O–H groups in total. The Bertz CT molecular complexity index is 138. The van der Waals surface area contributed by atoms with E-state index in [1.165, 1.54) is 0 Å². The maximum Gasteiger partial charge on any atom is 0.0834 e. The lowest BCUT2D eigenvalue weighted by molar-refractivity contribution is -0.870. The Morgan fingerprint density at radius 1 is 1.50 bits per heavy atom. The van der Waals surface area contributed by atoms with Gasteiger partial charge in [0.2, 0.25) is 0 Å². The van der Waals surface area contributed by atoms with Gasteiger partial charge in [-0.15, -0.1) is 0 Å². The highest BCUT2D eigenvalue weighted by atomic mass is 16.6. The molecular formula is C9H20NO2+. The van der Waals surface area contributed by atoms with Crippen LogP contribution in [0, 0.1) is 0 Å². The van der Waals surface area contributed by atoms with Crippen molar-refractivity contribution in [2.75, 3.05) is 34.3 Å². The van der Waals surface area contributed by atoms with Gasteiger partial charge in [-0.05, 0) is 0 Å². The molecule has 0 radical (unpaired) electrons. The fourth-order valence-electron chi connectivity index (χ4n) is 1.16. The summed E-state index contributed by atoms with van der Waals surface area (Å²) in [5.41, 5.74) is 0. The zero-order valence-corrected chi connectivity index (χ0v) is 8.29. The molecule has 0 amide bonds. The van der Waals surface area contributed by atoms with Gasteiger partial charge >= 0.3 is 0 Å². The summed E-state index contributed by atoms with van der Waals surface area (Å²) in [5.74, 6) is 0. The lowest BCUT2D eigenvalue weighted by Gasteiger charge is -2.24. The first-order chi connectivity index (χ1) is 5.47. The number of epoxide rings is 1. The second-order valence-corrected chi connectivity index (χ2v) is 4.65. The van der Waals surface area contributed by atoms with Crippen molar-refractivity contribution in [1.82, 2.24) is 0 Å². The summed E-state index contributed by atoms with van der Waals surface area (Å²) in [6, 6.07) is 0. The molecule has 0 saturated carbocycles. The number of nitrogens with zero attached hydrogens (tertiary/aromatic N) is 1. The zero-order valence-electron chi connectivity index (χ0n) is 8.29. The summed E-state index contributed by atoms with van der Waals surface area (Å²) in [6.07, 6.45) is 1.88. The quantitative estimate of drug-likeness (QED) is 0.478. The molecule has 1 saturated heterocycles. The third-order valence-corrected chi connectivity index (χ3v) is 2.07. The van der Waals surface area contributed by atoms with Crippen LogP contribution in [0.25, 0.3) is 0 Å². The molecule has 3 nitrogen and oxygen atoms in total. The summed E-state index contributed by atoms with van der Waals surface area (Å²) in [7, 11) is 6.42. The first-order valence-electron chi connectivity index (χ1n) is 4.57. The Morgan fingerprint density at radius 3 is 2.50 bits per heavy atom. The summed E-state index contributed by atoms with van der Waals surface area (Å²) in [4.78, 5) is 0. The molecule has 0 aromatic carbocycles. The van der Waals surface area contributed by atoms with Crippen LogP contribution in [0.15, 0.2) is 0 Å². The van der Waals surface area contributed by atoms with Crippen molar-refractivity contribution in [3.63, 3.8) is 0 Å². The SMILES string of the molecule is C[N+](C)(C)CCC(O)CC1CO1. The van der Waals surface area contributed by atoms with E-state index in [0.29, 0.717) is 6.10 Å². The molecule has 0 aliphatic carbocycles. The van der Waals surface area contributed by atoms with E-state index in [4.69, 9.17) is 4.74 Å². The third-order valence-electron chi connectivity index (χ3n) is 2.07. The maximum absolute atomic E-state index is 9.53. The Kier molecular flexibility index (Phi) is 3.09. The standard InChI is InChI=1S/C9H20NO2/c1-10(2,3)5-4-8(11)6-9-7-12-9/h8-9,11H,4-7H2,1-3H3/q+1.